The minimum atomic E-state index is -4.35. The summed E-state index contributed by atoms with van der Waals surface area (Å²) < 4.78 is 31.2. The van der Waals surface area contributed by atoms with Crippen LogP contribution in [0.4, 0.5) is 0 Å². The standard InChI is InChI=1S/C8H7NO4S/c10-8-5-9(14(11,12)13)7-4-2-1-3-6(7)8/h1-5,10H,(H,11,12,13). The number of aromatic nitrogens is 1. The quantitative estimate of drug-likeness (QED) is 0.692. The Bertz CT molecular complexity index is 584. The van der Waals surface area contributed by atoms with Crippen molar-refractivity contribution in [2.24, 2.45) is 0 Å². The Balaban J connectivity index is 2.93. The molecule has 6 heteroatoms. The average Bonchev–Trinajstić information content (AvgIpc) is 2.44. The zero-order valence-corrected chi connectivity index (χ0v) is 7.77. The molecule has 0 unspecified atom stereocenters. The Labute approximate surface area is 80.1 Å². The summed E-state index contributed by atoms with van der Waals surface area (Å²) in [6.45, 7) is 0. The smallest absolute Gasteiger partial charge is 0.364 e. The second-order valence-electron chi connectivity index (χ2n) is 2.81. The lowest BCUT2D eigenvalue weighted by atomic mass is 10.2. The molecule has 1 aromatic carbocycles. The lowest BCUT2D eigenvalue weighted by molar-refractivity contribution is 0.466. The van der Waals surface area contributed by atoms with Crippen molar-refractivity contribution >= 4 is 21.2 Å². The molecule has 0 atom stereocenters. The van der Waals surface area contributed by atoms with Crippen LogP contribution in [0.15, 0.2) is 30.5 Å². The fourth-order valence-corrected chi connectivity index (χ4v) is 1.96. The molecule has 74 valence electrons. The van der Waals surface area contributed by atoms with E-state index in [2.05, 4.69) is 0 Å². The van der Waals surface area contributed by atoms with Crippen LogP contribution in [0.5, 0.6) is 5.75 Å². The van der Waals surface area contributed by atoms with Crippen LogP contribution in [0.3, 0.4) is 0 Å². The monoisotopic (exact) mass is 213 g/mol. The van der Waals surface area contributed by atoms with Gasteiger partial charge in [0.05, 0.1) is 11.7 Å². The number of hydrogen-bond acceptors (Lipinski definition) is 3. The van der Waals surface area contributed by atoms with E-state index in [0.717, 1.165) is 6.20 Å². The number of nitrogens with zero attached hydrogens (tertiary/aromatic N) is 1. The van der Waals surface area contributed by atoms with Gasteiger partial charge in [-0.1, -0.05) is 12.1 Å². The van der Waals surface area contributed by atoms with Gasteiger partial charge in [-0.3, -0.25) is 4.55 Å². The van der Waals surface area contributed by atoms with Crippen LogP contribution < -0.4 is 0 Å². The van der Waals surface area contributed by atoms with Crippen LogP contribution in [-0.2, 0) is 10.3 Å². The minimum Gasteiger partial charge on any atom is -0.506 e. The van der Waals surface area contributed by atoms with E-state index in [4.69, 9.17) is 4.55 Å². The molecule has 0 aliphatic carbocycles. The molecule has 0 saturated carbocycles. The molecule has 0 aliphatic rings. The predicted octanol–water partition coefficient (Wildman–Crippen LogP) is 0.998. The molecule has 2 N–H and O–H groups in total. The Morgan fingerprint density at radius 3 is 2.50 bits per heavy atom. The molecule has 2 rings (SSSR count). The van der Waals surface area contributed by atoms with Gasteiger partial charge in [-0.25, -0.2) is 3.97 Å². The van der Waals surface area contributed by atoms with Gasteiger partial charge >= 0.3 is 10.3 Å². The van der Waals surface area contributed by atoms with E-state index in [1.807, 2.05) is 0 Å². The van der Waals surface area contributed by atoms with Gasteiger partial charge in [0, 0.05) is 5.39 Å². The second kappa shape index (κ2) is 2.73. The molecular formula is C8H7NO4S. The van der Waals surface area contributed by atoms with Crippen molar-refractivity contribution in [3.63, 3.8) is 0 Å². The predicted molar refractivity (Wildman–Crippen MR) is 50.5 cm³/mol. The minimum absolute atomic E-state index is 0.182. The number of benzene rings is 1. The van der Waals surface area contributed by atoms with Crippen LogP contribution >= 0.6 is 0 Å². The second-order valence-corrected chi connectivity index (χ2v) is 4.09. The van der Waals surface area contributed by atoms with Crippen molar-refractivity contribution in [1.29, 1.82) is 0 Å². The summed E-state index contributed by atoms with van der Waals surface area (Å²) in [4.78, 5) is 0. The molecule has 0 spiro atoms. The van der Waals surface area contributed by atoms with Gasteiger partial charge < -0.3 is 5.11 Å². The van der Waals surface area contributed by atoms with Crippen molar-refractivity contribution in [2.45, 2.75) is 0 Å². The molecular weight excluding hydrogens is 206 g/mol. The highest BCUT2D eigenvalue weighted by molar-refractivity contribution is 7.84. The first-order chi connectivity index (χ1) is 6.50. The van der Waals surface area contributed by atoms with Crippen LogP contribution in [0, 0.1) is 0 Å². The first kappa shape index (κ1) is 9.04. The van der Waals surface area contributed by atoms with Crippen LogP contribution in [-0.4, -0.2) is 22.0 Å². The van der Waals surface area contributed by atoms with Crippen LogP contribution in [0.1, 0.15) is 0 Å². The zero-order chi connectivity index (χ0) is 10.3. The van der Waals surface area contributed by atoms with Gasteiger partial charge in [0.15, 0.2) is 0 Å². The third-order valence-corrected chi connectivity index (χ3v) is 2.70. The Hall–Kier alpha value is -1.53. The zero-order valence-electron chi connectivity index (χ0n) is 6.95. The fourth-order valence-electron chi connectivity index (χ4n) is 1.32. The third-order valence-electron chi connectivity index (χ3n) is 1.91. The van der Waals surface area contributed by atoms with E-state index in [-0.39, 0.29) is 11.3 Å². The van der Waals surface area contributed by atoms with E-state index < -0.39 is 10.3 Å². The van der Waals surface area contributed by atoms with Crippen molar-refractivity contribution in [2.75, 3.05) is 0 Å². The first-order valence-electron chi connectivity index (χ1n) is 3.77. The molecule has 5 nitrogen and oxygen atoms in total. The van der Waals surface area contributed by atoms with Gasteiger partial charge in [-0.05, 0) is 12.1 Å². The number of hydrogen-bond donors (Lipinski definition) is 2. The normalized spacial score (nSPS) is 12.1. The Morgan fingerprint density at radius 1 is 1.21 bits per heavy atom. The summed E-state index contributed by atoms with van der Waals surface area (Å²) in [5.74, 6) is -0.182. The lowest BCUT2D eigenvalue weighted by Crippen LogP contribution is -2.08. The van der Waals surface area contributed by atoms with Gasteiger partial charge in [0.2, 0.25) is 0 Å². The summed E-state index contributed by atoms with van der Waals surface area (Å²) >= 11 is 0. The Morgan fingerprint density at radius 2 is 1.86 bits per heavy atom. The van der Waals surface area contributed by atoms with E-state index in [9.17, 15) is 13.5 Å². The SMILES string of the molecule is O=S(=O)(O)n1cc(O)c2ccccc21. The molecule has 0 fully saturated rings. The number of fused-ring (bicyclic) bond motifs is 1. The van der Waals surface area contributed by atoms with Gasteiger partial charge in [-0.15, -0.1) is 0 Å². The van der Waals surface area contributed by atoms with Crippen LogP contribution in [0.25, 0.3) is 10.9 Å². The molecule has 1 heterocycles. The van der Waals surface area contributed by atoms with E-state index in [0.29, 0.717) is 9.36 Å². The third kappa shape index (κ3) is 1.24. The first-order valence-corrected chi connectivity index (χ1v) is 5.17. The maximum Gasteiger partial charge on any atom is 0.364 e. The molecule has 0 saturated heterocycles. The maximum atomic E-state index is 10.9. The maximum absolute atomic E-state index is 10.9. The Kier molecular flexibility index (Phi) is 1.76. The van der Waals surface area contributed by atoms with E-state index >= 15 is 0 Å². The van der Waals surface area contributed by atoms with Crippen molar-refractivity contribution < 1.29 is 18.1 Å². The topological polar surface area (TPSA) is 79.5 Å². The van der Waals surface area contributed by atoms with E-state index in [1.54, 1.807) is 18.2 Å². The molecule has 0 radical (unpaired) electrons. The molecule has 2 aromatic rings. The fraction of sp³-hybridized carbons (Fsp3) is 0. The van der Waals surface area contributed by atoms with Crippen LogP contribution in [0.2, 0.25) is 0 Å². The summed E-state index contributed by atoms with van der Waals surface area (Å²) in [7, 11) is -4.35. The molecule has 0 aliphatic heterocycles. The molecule has 0 bridgehead atoms. The number of aromatic hydroxyl groups is 1. The van der Waals surface area contributed by atoms with Gasteiger partial charge in [0.25, 0.3) is 0 Å². The molecule has 14 heavy (non-hydrogen) atoms. The number of para-hydroxylation sites is 1. The largest absolute Gasteiger partial charge is 0.506 e. The van der Waals surface area contributed by atoms with Crippen molar-refractivity contribution in [3.05, 3.63) is 30.5 Å². The highest BCUT2D eigenvalue weighted by atomic mass is 32.2. The van der Waals surface area contributed by atoms with Gasteiger partial charge in [-0.2, -0.15) is 8.42 Å². The number of rotatable bonds is 1. The lowest BCUT2D eigenvalue weighted by Gasteiger charge is -1.97. The molecule has 1 aromatic heterocycles. The van der Waals surface area contributed by atoms with Crippen molar-refractivity contribution in [1.82, 2.24) is 3.97 Å². The highest BCUT2D eigenvalue weighted by Crippen LogP contribution is 2.27. The van der Waals surface area contributed by atoms with Gasteiger partial charge in [0.1, 0.15) is 5.75 Å². The summed E-state index contributed by atoms with van der Waals surface area (Å²) in [5.41, 5.74) is 0.243. The highest BCUT2D eigenvalue weighted by Gasteiger charge is 2.14. The molecule has 0 amide bonds. The van der Waals surface area contributed by atoms with E-state index in [1.165, 1.54) is 6.07 Å². The van der Waals surface area contributed by atoms with Crippen molar-refractivity contribution in [3.8, 4) is 5.75 Å². The summed E-state index contributed by atoms with van der Waals surface area (Å²) in [6, 6.07) is 6.33. The summed E-state index contributed by atoms with van der Waals surface area (Å²) in [6.07, 6.45) is 0.958. The summed E-state index contributed by atoms with van der Waals surface area (Å²) in [5, 5.41) is 9.74. The average molecular weight is 213 g/mol.